The molecule has 2 amide bonds. The minimum atomic E-state index is -0.460. The van der Waals surface area contributed by atoms with Gasteiger partial charge < -0.3 is 15.0 Å². The first-order valence-corrected chi connectivity index (χ1v) is 11.0. The van der Waals surface area contributed by atoms with Gasteiger partial charge in [-0.3, -0.25) is 0 Å². The van der Waals surface area contributed by atoms with Gasteiger partial charge in [0.05, 0.1) is 18.4 Å². The zero-order valence-corrected chi connectivity index (χ0v) is 18.3. The third kappa shape index (κ3) is 5.17. The van der Waals surface area contributed by atoms with E-state index in [2.05, 4.69) is 53.8 Å². The van der Waals surface area contributed by atoms with Crippen LogP contribution in [0.3, 0.4) is 0 Å². The summed E-state index contributed by atoms with van der Waals surface area (Å²) in [7, 11) is 1.33. The summed E-state index contributed by atoms with van der Waals surface area (Å²) in [6.45, 7) is 1.41. The Kier molecular flexibility index (Phi) is 6.85. The van der Waals surface area contributed by atoms with E-state index >= 15 is 0 Å². The molecule has 5 heteroatoms. The molecule has 1 N–H and O–H groups in total. The summed E-state index contributed by atoms with van der Waals surface area (Å²) in [5, 5.41) is 2.87. The van der Waals surface area contributed by atoms with Crippen molar-refractivity contribution in [2.75, 3.05) is 25.5 Å². The number of nitrogens with one attached hydrogen (secondary N) is 1. The second-order valence-corrected chi connectivity index (χ2v) is 8.16. The molecule has 0 aliphatic carbocycles. The number of ether oxygens (including phenoxy) is 1. The van der Waals surface area contributed by atoms with Crippen LogP contribution in [0.15, 0.2) is 78.9 Å². The predicted molar refractivity (Wildman–Crippen MR) is 127 cm³/mol. The van der Waals surface area contributed by atoms with E-state index in [4.69, 9.17) is 4.74 Å². The van der Waals surface area contributed by atoms with Crippen LogP contribution in [0.1, 0.15) is 28.8 Å². The minimum Gasteiger partial charge on any atom is -0.465 e. The molecule has 3 aromatic rings. The van der Waals surface area contributed by atoms with E-state index in [1.54, 1.807) is 24.3 Å². The fourth-order valence-corrected chi connectivity index (χ4v) is 4.21. The number of rotatable bonds is 5. The molecule has 5 nitrogen and oxygen atoms in total. The molecule has 0 aromatic heterocycles. The van der Waals surface area contributed by atoms with Crippen LogP contribution in [0.5, 0.6) is 0 Å². The van der Waals surface area contributed by atoms with E-state index in [9.17, 15) is 9.59 Å². The van der Waals surface area contributed by atoms with Gasteiger partial charge in [0.1, 0.15) is 0 Å². The van der Waals surface area contributed by atoms with Crippen molar-refractivity contribution >= 4 is 17.7 Å². The van der Waals surface area contributed by atoms with E-state index in [1.165, 1.54) is 23.8 Å². The van der Waals surface area contributed by atoms with Gasteiger partial charge in [0, 0.05) is 13.1 Å². The van der Waals surface area contributed by atoms with E-state index < -0.39 is 5.97 Å². The summed E-state index contributed by atoms with van der Waals surface area (Å²) in [5.41, 5.74) is 4.63. The second-order valence-electron chi connectivity index (χ2n) is 8.16. The van der Waals surface area contributed by atoms with Crippen molar-refractivity contribution in [1.82, 2.24) is 4.90 Å². The highest BCUT2D eigenvalue weighted by Crippen LogP contribution is 2.25. The molecule has 0 bridgehead atoms. The Balaban J connectivity index is 1.30. The van der Waals surface area contributed by atoms with Gasteiger partial charge in [0.15, 0.2) is 0 Å². The molecule has 0 atom stereocenters. The molecule has 1 heterocycles. The lowest BCUT2D eigenvalue weighted by Gasteiger charge is -2.32. The maximum Gasteiger partial charge on any atom is 0.339 e. The number of para-hydroxylation sites is 1. The van der Waals surface area contributed by atoms with Gasteiger partial charge in [-0.25, -0.2) is 9.59 Å². The number of piperidine rings is 1. The third-order valence-corrected chi connectivity index (χ3v) is 6.06. The number of carbonyl (C=O) groups is 2. The average molecular weight is 429 g/mol. The molecule has 4 rings (SSSR count). The highest BCUT2D eigenvalue weighted by atomic mass is 16.5. The van der Waals surface area contributed by atoms with Gasteiger partial charge >= 0.3 is 12.0 Å². The van der Waals surface area contributed by atoms with Gasteiger partial charge in [-0.15, -0.1) is 0 Å². The fraction of sp³-hybridized carbons (Fsp3) is 0.259. The van der Waals surface area contributed by atoms with Crippen molar-refractivity contribution in [3.63, 3.8) is 0 Å². The SMILES string of the molecule is COC(=O)c1ccccc1NC(=O)N1CCC(Cc2ccc(-c3ccccc3)cc2)CC1. The van der Waals surface area contributed by atoms with Crippen molar-refractivity contribution in [2.45, 2.75) is 19.3 Å². The van der Waals surface area contributed by atoms with Gasteiger partial charge in [0.25, 0.3) is 0 Å². The molecule has 32 heavy (non-hydrogen) atoms. The first-order chi connectivity index (χ1) is 15.6. The zero-order chi connectivity index (χ0) is 22.3. The van der Waals surface area contributed by atoms with Gasteiger partial charge in [-0.1, -0.05) is 66.7 Å². The molecule has 1 aliphatic rings. The summed E-state index contributed by atoms with van der Waals surface area (Å²) < 4.78 is 4.80. The Labute approximate surface area is 189 Å². The number of hydrogen-bond donors (Lipinski definition) is 1. The van der Waals surface area contributed by atoms with Crippen LogP contribution in [-0.4, -0.2) is 37.1 Å². The monoisotopic (exact) mass is 428 g/mol. The molecule has 1 aliphatic heterocycles. The topological polar surface area (TPSA) is 58.6 Å². The second kappa shape index (κ2) is 10.1. The number of anilines is 1. The Morgan fingerprint density at radius 2 is 1.50 bits per heavy atom. The normalized spacial score (nSPS) is 14.1. The van der Waals surface area contributed by atoms with Gasteiger partial charge in [-0.2, -0.15) is 0 Å². The maximum atomic E-state index is 12.7. The lowest BCUT2D eigenvalue weighted by molar-refractivity contribution is 0.0602. The largest absolute Gasteiger partial charge is 0.465 e. The molecule has 1 fully saturated rings. The van der Waals surface area contributed by atoms with Crippen LogP contribution in [-0.2, 0) is 11.2 Å². The third-order valence-electron chi connectivity index (χ3n) is 6.06. The summed E-state index contributed by atoms with van der Waals surface area (Å²) in [6, 6.07) is 25.9. The number of amides is 2. The maximum absolute atomic E-state index is 12.7. The Bertz CT molecular complexity index is 1060. The molecule has 0 spiro atoms. The van der Waals surface area contributed by atoms with Gasteiger partial charge in [0.2, 0.25) is 0 Å². The van der Waals surface area contributed by atoms with Crippen LogP contribution < -0.4 is 5.32 Å². The number of urea groups is 1. The molecule has 3 aromatic carbocycles. The number of nitrogens with zero attached hydrogens (tertiary/aromatic N) is 1. The Hall–Kier alpha value is -3.60. The highest BCUT2D eigenvalue weighted by molar-refractivity contribution is 6.00. The fourth-order valence-electron chi connectivity index (χ4n) is 4.21. The van der Waals surface area contributed by atoms with Crippen molar-refractivity contribution in [3.05, 3.63) is 90.0 Å². The van der Waals surface area contributed by atoms with E-state index in [-0.39, 0.29) is 6.03 Å². The van der Waals surface area contributed by atoms with Crippen molar-refractivity contribution in [1.29, 1.82) is 0 Å². The van der Waals surface area contributed by atoms with E-state index in [1.807, 2.05) is 11.0 Å². The molecule has 0 unspecified atom stereocenters. The Morgan fingerprint density at radius 1 is 0.875 bits per heavy atom. The smallest absolute Gasteiger partial charge is 0.339 e. The first-order valence-electron chi connectivity index (χ1n) is 11.0. The van der Waals surface area contributed by atoms with Crippen molar-refractivity contribution in [2.24, 2.45) is 5.92 Å². The van der Waals surface area contributed by atoms with Crippen LogP contribution in [0, 0.1) is 5.92 Å². The molecule has 1 saturated heterocycles. The minimum absolute atomic E-state index is 0.174. The number of hydrogen-bond acceptors (Lipinski definition) is 3. The molecular weight excluding hydrogens is 400 g/mol. The van der Waals surface area contributed by atoms with Crippen LogP contribution >= 0.6 is 0 Å². The van der Waals surface area contributed by atoms with Crippen LogP contribution in [0.2, 0.25) is 0 Å². The van der Waals surface area contributed by atoms with E-state index in [0.717, 1.165) is 19.3 Å². The quantitative estimate of drug-likeness (QED) is 0.536. The summed E-state index contributed by atoms with van der Waals surface area (Å²) in [6.07, 6.45) is 2.95. The number of likely N-dealkylation sites (tertiary alicyclic amines) is 1. The summed E-state index contributed by atoms with van der Waals surface area (Å²) in [4.78, 5) is 26.5. The first kappa shape index (κ1) is 21.6. The highest BCUT2D eigenvalue weighted by Gasteiger charge is 2.24. The lowest BCUT2D eigenvalue weighted by atomic mass is 9.89. The number of esters is 1. The lowest BCUT2D eigenvalue weighted by Crippen LogP contribution is -2.41. The van der Waals surface area contributed by atoms with Crippen LogP contribution in [0.4, 0.5) is 10.5 Å². The van der Waals surface area contributed by atoms with Crippen LogP contribution in [0.25, 0.3) is 11.1 Å². The standard InChI is InChI=1S/C27H28N2O3/c1-32-26(30)24-9-5-6-10-25(24)28-27(31)29-17-15-21(16-18-29)19-20-11-13-23(14-12-20)22-7-3-2-4-8-22/h2-14,21H,15-19H2,1H3,(H,28,31). The number of methoxy groups -OCH3 is 1. The Morgan fingerprint density at radius 3 is 2.19 bits per heavy atom. The predicted octanol–water partition coefficient (Wildman–Crippen LogP) is 5.63. The molecule has 0 saturated carbocycles. The number of benzene rings is 3. The van der Waals surface area contributed by atoms with Gasteiger partial charge in [-0.05, 0) is 54.0 Å². The van der Waals surface area contributed by atoms with Crippen molar-refractivity contribution < 1.29 is 14.3 Å². The summed E-state index contributed by atoms with van der Waals surface area (Å²) in [5.74, 6) is 0.0990. The number of carbonyl (C=O) groups excluding carboxylic acids is 2. The average Bonchev–Trinajstić information content (AvgIpc) is 2.85. The summed E-state index contributed by atoms with van der Waals surface area (Å²) >= 11 is 0. The molecule has 164 valence electrons. The zero-order valence-electron chi connectivity index (χ0n) is 18.3. The van der Waals surface area contributed by atoms with Crippen molar-refractivity contribution in [3.8, 4) is 11.1 Å². The molecule has 0 radical (unpaired) electrons. The molecular formula is C27H28N2O3. The van der Waals surface area contributed by atoms with E-state index in [0.29, 0.717) is 30.3 Å².